The number of hydrogen-bond acceptors (Lipinski definition) is 3. The van der Waals surface area contributed by atoms with E-state index in [-0.39, 0.29) is 0 Å². The van der Waals surface area contributed by atoms with E-state index in [2.05, 4.69) is 35.7 Å². The predicted octanol–water partition coefficient (Wildman–Crippen LogP) is 3.88. The Morgan fingerprint density at radius 2 is 1.95 bits per heavy atom. The molecule has 1 aliphatic heterocycles. The fraction of sp³-hybridized carbons (Fsp3) is 0.235. The van der Waals surface area contributed by atoms with Crippen molar-refractivity contribution in [2.75, 3.05) is 5.75 Å². The fourth-order valence-corrected chi connectivity index (χ4v) is 3.62. The van der Waals surface area contributed by atoms with Crippen molar-refractivity contribution in [3.05, 3.63) is 65.2 Å². The van der Waals surface area contributed by atoms with E-state index in [1.807, 2.05) is 36.0 Å². The maximum absolute atomic E-state index is 8.80. The first kappa shape index (κ1) is 13.2. The van der Waals surface area contributed by atoms with Gasteiger partial charge in [0.2, 0.25) is 0 Å². The average Bonchev–Trinajstić information content (AvgIpc) is 2.53. The molecule has 2 aromatic rings. The van der Waals surface area contributed by atoms with Gasteiger partial charge in [-0.25, -0.2) is 0 Å². The molecule has 0 bridgehead atoms. The van der Waals surface area contributed by atoms with Gasteiger partial charge >= 0.3 is 0 Å². The number of fused-ring (bicyclic) bond motifs is 1. The van der Waals surface area contributed by atoms with Gasteiger partial charge in [0.05, 0.1) is 11.6 Å². The lowest BCUT2D eigenvalue weighted by Gasteiger charge is -2.26. The van der Waals surface area contributed by atoms with E-state index < -0.39 is 0 Å². The summed E-state index contributed by atoms with van der Waals surface area (Å²) in [5, 5.41) is 12.4. The summed E-state index contributed by atoms with van der Waals surface area (Å²) in [6, 6.07) is 19.0. The maximum atomic E-state index is 8.80. The second-order valence-corrected chi connectivity index (χ2v) is 6.05. The number of thioether (sulfide) groups is 1. The minimum Gasteiger partial charge on any atom is -0.306 e. The van der Waals surface area contributed by atoms with Crippen molar-refractivity contribution in [2.24, 2.45) is 0 Å². The van der Waals surface area contributed by atoms with E-state index in [1.165, 1.54) is 21.8 Å². The van der Waals surface area contributed by atoms with Crippen molar-refractivity contribution < 1.29 is 0 Å². The molecule has 0 saturated carbocycles. The fourth-order valence-electron chi connectivity index (χ4n) is 2.49. The molecule has 0 fully saturated rings. The lowest BCUT2D eigenvalue weighted by Crippen LogP contribution is -2.24. The largest absolute Gasteiger partial charge is 0.306 e. The third kappa shape index (κ3) is 2.87. The van der Waals surface area contributed by atoms with E-state index in [4.69, 9.17) is 5.26 Å². The van der Waals surface area contributed by atoms with Crippen molar-refractivity contribution >= 4 is 11.8 Å². The van der Waals surface area contributed by atoms with Crippen LogP contribution in [0.5, 0.6) is 0 Å². The molecule has 1 atom stereocenters. The number of hydrogen-bond donors (Lipinski definition) is 1. The molecule has 2 aromatic carbocycles. The van der Waals surface area contributed by atoms with Gasteiger partial charge in [0.25, 0.3) is 0 Å². The molecule has 20 heavy (non-hydrogen) atoms. The van der Waals surface area contributed by atoms with Gasteiger partial charge in [-0.15, -0.1) is 11.8 Å². The molecule has 3 heteroatoms. The van der Waals surface area contributed by atoms with Crippen LogP contribution >= 0.6 is 11.8 Å². The standard InChI is InChI=1S/C17H16N2S/c18-11-13-5-7-14(8-6-13)12-19-16-9-10-20-17-4-2-1-3-15(16)17/h1-8,16,19H,9-10,12H2. The van der Waals surface area contributed by atoms with Crippen LogP contribution in [0.4, 0.5) is 0 Å². The summed E-state index contributed by atoms with van der Waals surface area (Å²) < 4.78 is 0. The molecule has 1 heterocycles. The molecule has 1 N–H and O–H groups in total. The Balaban J connectivity index is 1.68. The first-order valence-corrected chi connectivity index (χ1v) is 7.79. The normalized spacial score (nSPS) is 17.2. The van der Waals surface area contributed by atoms with Crippen molar-refractivity contribution in [2.45, 2.75) is 23.9 Å². The quantitative estimate of drug-likeness (QED) is 0.926. The lowest BCUT2D eigenvalue weighted by molar-refractivity contribution is 0.510. The summed E-state index contributed by atoms with van der Waals surface area (Å²) in [6.45, 7) is 0.843. The van der Waals surface area contributed by atoms with E-state index in [0.29, 0.717) is 11.6 Å². The van der Waals surface area contributed by atoms with Crippen LogP contribution in [0.25, 0.3) is 0 Å². The number of rotatable bonds is 3. The number of benzene rings is 2. The Kier molecular flexibility index (Phi) is 4.05. The highest BCUT2D eigenvalue weighted by Crippen LogP contribution is 2.35. The number of nitrogens with zero attached hydrogens (tertiary/aromatic N) is 1. The van der Waals surface area contributed by atoms with Crippen LogP contribution in [0.2, 0.25) is 0 Å². The Bertz CT molecular complexity index is 628. The minimum absolute atomic E-state index is 0.433. The van der Waals surface area contributed by atoms with Crippen molar-refractivity contribution in [3.63, 3.8) is 0 Å². The topological polar surface area (TPSA) is 35.8 Å². The van der Waals surface area contributed by atoms with Crippen LogP contribution in [-0.2, 0) is 6.54 Å². The molecule has 1 unspecified atom stereocenters. The van der Waals surface area contributed by atoms with Crippen LogP contribution in [0, 0.1) is 11.3 Å². The zero-order valence-electron chi connectivity index (χ0n) is 11.2. The van der Waals surface area contributed by atoms with Gasteiger partial charge < -0.3 is 5.32 Å². The summed E-state index contributed by atoms with van der Waals surface area (Å²) in [5.74, 6) is 1.17. The van der Waals surface area contributed by atoms with Gasteiger partial charge in [0.15, 0.2) is 0 Å². The summed E-state index contributed by atoms with van der Waals surface area (Å²) in [7, 11) is 0. The van der Waals surface area contributed by atoms with Gasteiger partial charge in [-0.1, -0.05) is 30.3 Å². The highest BCUT2D eigenvalue weighted by atomic mass is 32.2. The summed E-state index contributed by atoms with van der Waals surface area (Å²) in [5.41, 5.74) is 3.35. The highest BCUT2D eigenvalue weighted by molar-refractivity contribution is 7.99. The molecule has 0 amide bonds. The van der Waals surface area contributed by atoms with Gasteiger partial charge in [-0.3, -0.25) is 0 Å². The molecule has 2 nitrogen and oxygen atoms in total. The molecule has 0 aromatic heterocycles. The van der Waals surface area contributed by atoms with Crippen LogP contribution < -0.4 is 5.32 Å². The monoisotopic (exact) mass is 280 g/mol. The summed E-state index contributed by atoms with van der Waals surface area (Å²) in [4.78, 5) is 1.40. The Hall–Kier alpha value is -1.76. The minimum atomic E-state index is 0.433. The van der Waals surface area contributed by atoms with E-state index in [0.717, 1.165) is 13.0 Å². The van der Waals surface area contributed by atoms with Gasteiger partial charge in [0.1, 0.15) is 0 Å². The zero-order valence-corrected chi connectivity index (χ0v) is 12.0. The third-order valence-corrected chi connectivity index (χ3v) is 4.72. The molecule has 1 aliphatic rings. The van der Waals surface area contributed by atoms with Crippen LogP contribution in [0.3, 0.4) is 0 Å². The van der Waals surface area contributed by atoms with E-state index in [9.17, 15) is 0 Å². The summed E-state index contributed by atoms with van der Waals surface area (Å²) in [6.07, 6.45) is 1.16. The number of nitrogens with one attached hydrogen (secondary N) is 1. The Labute approximate surface area is 123 Å². The highest BCUT2D eigenvalue weighted by Gasteiger charge is 2.19. The SMILES string of the molecule is N#Cc1ccc(CNC2CCSc3ccccc32)cc1. The van der Waals surface area contributed by atoms with E-state index in [1.54, 1.807) is 0 Å². The van der Waals surface area contributed by atoms with Crippen molar-refractivity contribution in [1.29, 1.82) is 5.26 Å². The maximum Gasteiger partial charge on any atom is 0.0991 e. The second-order valence-electron chi connectivity index (χ2n) is 4.92. The first-order valence-electron chi connectivity index (χ1n) is 6.81. The molecule has 100 valence electrons. The van der Waals surface area contributed by atoms with Crippen molar-refractivity contribution in [3.8, 4) is 6.07 Å². The first-order chi connectivity index (χ1) is 9.86. The molecule has 0 radical (unpaired) electrons. The van der Waals surface area contributed by atoms with Gasteiger partial charge in [-0.2, -0.15) is 5.26 Å². The molecule has 3 rings (SSSR count). The lowest BCUT2D eigenvalue weighted by atomic mass is 10.0. The van der Waals surface area contributed by atoms with E-state index >= 15 is 0 Å². The molecular formula is C17H16N2S. The summed E-state index contributed by atoms with van der Waals surface area (Å²) >= 11 is 1.94. The molecular weight excluding hydrogens is 264 g/mol. The molecule has 0 saturated heterocycles. The Morgan fingerprint density at radius 1 is 1.15 bits per heavy atom. The van der Waals surface area contributed by atoms with Crippen molar-refractivity contribution in [1.82, 2.24) is 5.32 Å². The number of nitriles is 1. The van der Waals surface area contributed by atoms with Crippen LogP contribution in [-0.4, -0.2) is 5.75 Å². The Morgan fingerprint density at radius 3 is 2.75 bits per heavy atom. The predicted molar refractivity (Wildman–Crippen MR) is 82.5 cm³/mol. The van der Waals surface area contributed by atoms with Gasteiger partial charge in [-0.05, 0) is 41.5 Å². The van der Waals surface area contributed by atoms with Crippen LogP contribution in [0.15, 0.2) is 53.4 Å². The van der Waals surface area contributed by atoms with Crippen LogP contribution in [0.1, 0.15) is 29.2 Å². The average molecular weight is 280 g/mol. The zero-order chi connectivity index (χ0) is 13.8. The third-order valence-electron chi connectivity index (χ3n) is 3.59. The smallest absolute Gasteiger partial charge is 0.0991 e. The van der Waals surface area contributed by atoms with Gasteiger partial charge in [0, 0.05) is 17.5 Å². The molecule has 0 aliphatic carbocycles. The molecule has 0 spiro atoms. The second kappa shape index (κ2) is 6.13.